The largest absolute Gasteiger partial charge is 0.341 e. The molecular weight excluding hydrogens is 370 g/mol. The van der Waals surface area contributed by atoms with E-state index in [-0.39, 0.29) is 17.7 Å². The van der Waals surface area contributed by atoms with Crippen LogP contribution in [0.4, 0.5) is 0 Å². The average Bonchev–Trinajstić information content (AvgIpc) is 3.53. The molecule has 0 radical (unpaired) electrons. The first kappa shape index (κ1) is 19.0. The summed E-state index contributed by atoms with van der Waals surface area (Å²) in [4.78, 5) is 17.4. The summed E-state index contributed by atoms with van der Waals surface area (Å²) < 4.78 is 0. The third kappa shape index (κ3) is 4.22. The SMILES string of the molecule is N#Cc1ccc(CN2CCCN(C(=O)C3CC3c3ccccc3Cl)CC2)cc1. The van der Waals surface area contributed by atoms with Crippen molar-refractivity contribution in [3.63, 3.8) is 0 Å². The molecule has 1 saturated carbocycles. The number of rotatable bonds is 4. The molecule has 1 saturated heterocycles. The number of carbonyl (C=O) groups excluding carboxylic acids is 1. The van der Waals surface area contributed by atoms with E-state index >= 15 is 0 Å². The van der Waals surface area contributed by atoms with E-state index in [1.807, 2.05) is 53.4 Å². The van der Waals surface area contributed by atoms with Crippen molar-refractivity contribution < 1.29 is 4.79 Å². The van der Waals surface area contributed by atoms with E-state index in [2.05, 4.69) is 11.0 Å². The maximum atomic E-state index is 13.0. The molecule has 1 amide bonds. The Kier molecular flexibility index (Phi) is 5.66. The Labute approximate surface area is 171 Å². The Morgan fingerprint density at radius 1 is 1.07 bits per heavy atom. The summed E-state index contributed by atoms with van der Waals surface area (Å²) in [6, 6.07) is 17.8. The van der Waals surface area contributed by atoms with Crippen LogP contribution >= 0.6 is 11.6 Å². The van der Waals surface area contributed by atoms with Gasteiger partial charge in [-0.15, -0.1) is 0 Å². The predicted molar refractivity (Wildman–Crippen MR) is 110 cm³/mol. The summed E-state index contributed by atoms with van der Waals surface area (Å²) in [5, 5.41) is 9.69. The lowest BCUT2D eigenvalue weighted by atomic mass is 10.1. The number of nitriles is 1. The van der Waals surface area contributed by atoms with Gasteiger partial charge < -0.3 is 4.90 Å². The molecule has 2 atom stereocenters. The first-order valence-electron chi connectivity index (χ1n) is 9.90. The van der Waals surface area contributed by atoms with Gasteiger partial charge in [0.1, 0.15) is 0 Å². The van der Waals surface area contributed by atoms with Crippen LogP contribution in [0.5, 0.6) is 0 Å². The molecule has 2 aromatic carbocycles. The lowest BCUT2D eigenvalue weighted by Gasteiger charge is -2.22. The minimum Gasteiger partial charge on any atom is -0.341 e. The second-order valence-corrected chi connectivity index (χ2v) is 8.14. The maximum Gasteiger partial charge on any atom is 0.226 e. The Bertz CT molecular complexity index is 889. The second-order valence-electron chi connectivity index (χ2n) is 7.73. The molecule has 0 spiro atoms. The number of hydrogen-bond acceptors (Lipinski definition) is 3. The summed E-state index contributed by atoms with van der Waals surface area (Å²) in [6.45, 7) is 4.34. The molecule has 2 aliphatic rings. The van der Waals surface area contributed by atoms with Crippen LogP contribution < -0.4 is 0 Å². The highest BCUT2D eigenvalue weighted by Crippen LogP contribution is 2.50. The molecule has 0 aromatic heterocycles. The van der Waals surface area contributed by atoms with E-state index in [1.165, 1.54) is 5.56 Å². The third-order valence-corrected chi connectivity index (χ3v) is 6.15. The monoisotopic (exact) mass is 393 g/mol. The van der Waals surface area contributed by atoms with Crippen LogP contribution in [0.2, 0.25) is 5.02 Å². The number of hydrogen-bond donors (Lipinski definition) is 0. The molecule has 144 valence electrons. The van der Waals surface area contributed by atoms with Crippen LogP contribution in [0.15, 0.2) is 48.5 Å². The van der Waals surface area contributed by atoms with Crippen molar-refractivity contribution >= 4 is 17.5 Å². The Morgan fingerprint density at radius 2 is 1.86 bits per heavy atom. The molecule has 5 heteroatoms. The van der Waals surface area contributed by atoms with Crippen molar-refractivity contribution in [3.05, 3.63) is 70.2 Å². The molecule has 2 aromatic rings. The molecule has 1 aliphatic carbocycles. The highest BCUT2D eigenvalue weighted by Gasteiger charge is 2.46. The molecule has 2 unspecified atom stereocenters. The summed E-state index contributed by atoms with van der Waals surface area (Å²) in [5.74, 6) is 0.648. The summed E-state index contributed by atoms with van der Waals surface area (Å²) in [7, 11) is 0. The molecule has 1 aliphatic heterocycles. The van der Waals surface area contributed by atoms with E-state index in [0.29, 0.717) is 5.56 Å². The molecule has 0 bridgehead atoms. The van der Waals surface area contributed by atoms with Gasteiger partial charge in [0, 0.05) is 43.7 Å². The average molecular weight is 394 g/mol. The second kappa shape index (κ2) is 8.34. The van der Waals surface area contributed by atoms with Crippen molar-refractivity contribution in [1.29, 1.82) is 5.26 Å². The molecule has 0 N–H and O–H groups in total. The van der Waals surface area contributed by atoms with Crippen LogP contribution in [-0.2, 0) is 11.3 Å². The standard InChI is InChI=1S/C23H24ClN3O/c24-22-5-2-1-4-19(22)20-14-21(20)23(28)27-11-3-10-26(12-13-27)16-18-8-6-17(15-25)7-9-18/h1-2,4-9,20-21H,3,10-14,16H2. The van der Waals surface area contributed by atoms with Gasteiger partial charge in [-0.1, -0.05) is 41.9 Å². The van der Waals surface area contributed by atoms with Gasteiger partial charge in [0.15, 0.2) is 0 Å². The van der Waals surface area contributed by atoms with E-state index in [0.717, 1.165) is 56.2 Å². The van der Waals surface area contributed by atoms with Gasteiger partial charge in [-0.05, 0) is 48.1 Å². The summed E-state index contributed by atoms with van der Waals surface area (Å²) in [5.41, 5.74) is 3.01. The fraction of sp³-hybridized carbons (Fsp3) is 0.391. The Hall–Kier alpha value is -2.35. The van der Waals surface area contributed by atoms with Gasteiger partial charge in [-0.2, -0.15) is 5.26 Å². The molecular formula is C23H24ClN3O. The molecule has 4 rings (SSSR count). The zero-order valence-electron chi connectivity index (χ0n) is 15.9. The van der Waals surface area contributed by atoms with Crippen molar-refractivity contribution in [2.45, 2.75) is 25.3 Å². The van der Waals surface area contributed by atoms with Crippen LogP contribution in [-0.4, -0.2) is 41.9 Å². The van der Waals surface area contributed by atoms with E-state index in [9.17, 15) is 4.79 Å². The fourth-order valence-corrected chi connectivity index (χ4v) is 4.39. The lowest BCUT2D eigenvalue weighted by molar-refractivity contribution is -0.132. The van der Waals surface area contributed by atoms with Crippen molar-refractivity contribution in [1.82, 2.24) is 9.80 Å². The van der Waals surface area contributed by atoms with E-state index < -0.39 is 0 Å². The van der Waals surface area contributed by atoms with Gasteiger partial charge in [-0.25, -0.2) is 0 Å². The smallest absolute Gasteiger partial charge is 0.226 e. The molecule has 28 heavy (non-hydrogen) atoms. The lowest BCUT2D eigenvalue weighted by Crippen LogP contribution is -2.36. The summed E-state index contributed by atoms with van der Waals surface area (Å²) >= 11 is 6.31. The quantitative estimate of drug-likeness (QED) is 0.787. The normalized spacial score (nSPS) is 22.4. The van der Waals surface area contributed by atoms with Crippen LogP contribution in [0.1, 0.15) is 35.4 Å². The van der Waals surface area contributed by atoms with Crippen LogP contribution in [0, 0.1) is 17.2 Å². The number of carbonyl (C=O) groups is 1. The van der Waals surface area contributed by atoms with Crippen molar-refractivity contribution in [3.8, 4) is 6.07 Å². The van der Waals surface area contributed by atoms with Gasteiger partial charge in [0.05, 0.1) is 11.6 Å². The third-order valence-electron chi connectivity index (χ3n) is 5.80. The number of amides is 1. The van der Waals surface area contributed by atoms with Crippen LogP contribution in [0.3, 0.4) is 0 Å². The minimum absolute atomic E-state index is 0.0879. The zero-order chi connectivity index (χ0) is 19.5. The Morgan fingerprint density at radius 3 is 2.61 bits per heavy atom. The summed E-state index contributed by atoms with van der Waals surface area (Å²) in [6.07, 6.45) is 1.90. The first-order chi connectivity index (χ1) is 13.7. The van der Waals surface area contributed by atoms with Gasteiger partial charge in [0.25, 0.3) is 0 Å². The number of halogens is 1. The Balaban J connectivity index is 1.32. The highest BCUT2D eigenvalue weighted by atomic mass is 35.5. The maximum absolute atomic E-state index is 13.0. The molecule has 2 fully saturated rings. The van der Waals surface area contributed by atoms with E-state index in [1.54, 1.807) is 0 Å². The molecule has 4 nitrogen and oxygen atoms in total. The van der Waals surface area contributed by atoms with E-state index in [4.69, 9.17) is 16.9 Å². The van der Waals surface area contributed by atoms with Crippen molar-refractivity contribution in [2.75, 3.05) is 26.2 Å². The number of nitrogens with zero attached hydrogens (tertiary/aromatic N) is 3. The van der Waals surface area contributed by atoms with Gasteiger partial charge in [0.2, 0.25) is 5.91 Å². The van der Waals surface area contributed by atoms with Crippen molar-refractivity contribution in [2.24, 2.45) is 5.92 Å². The fourth-order valence-electron chi connectivity index (χ4n) is 4.11. The minimum atomic E-state index is 0.0879. The molecule has 1 heterocycles. The topological polar surface area (TPSA) is 47.3 Å². The van der Waals surface area contributed by atoms with Gasteiger partial charge in [-0.3, -0.25) is 9.69 Å². The number of benzene rings is 2. The van der Waals surface area contributed by atoms with Crippen LogP contribution in [0.25, 0.3) is 0 Å². The zero-order valence-corrected chi connectivity index (χ0v) is 16.6. The predicted octanol–water partition coefficient (Wildman–Crippen LogP) is 4.05. The van der Waals surface area contributed by atoms with Gasteiger partial charge >= 0.3 is 0 Å². The first-order valence-corrected chi connectivity index (χ1v) is 10.3. The highest BCUT2D eigenvalue weighted by molar-refractivity contribution is 6.31.